The van der Waals surface area contributed by atoms with Gasteiger partial charge in [-0.2, -0.15) is 0 Å². The quantitative estimate of drug-likeness (QED) is 0.651. The molecule has 2 amide bonds. The summed E-state index contributed by atoms with van der Waals surface area (Å²) >= 11 is 0. The van der Waals surface area contributed by atoms with Gasteiger partial charge in [-0.05, 0) is 18.9 Å². The van der Waals surface area contributed by atoms with Crippen LogP contribution < -0.4 is 5.32 Å². The number of nitrogens with zero attached hydrogens (tertiary/aromatic N) is 1. The highest BCUT2D eigenvalue weighted by atomic mass is 31.0. The fraction of sp³-hybridized carbons (Fsp3) is 0.529. The third-order valence-electron chi connectivity index (χ3n) is 4.67. The number of rotatable bonds is 6. The number of carbonyl (C=O) groups excluding carboxylic acids is 2. The molecule has 2 rings (SSSR count). The summed E-state index contributed by atoms with van der Waals surface area (Å²) in [6.07, 6.45) is -1.41. The van der Waals surface area contributed by atoms with Crippen LogP contribution in [0.3, 0.4) is 0 Å². The number of cyclic esters (lactones) is 1. The number of amides is 2. The topological polar surface area (TPSA) is 99.1 Å². The van der Waals surface area contributed by atoms with Gasteiger partial charge in [0.15, 0.2) is 11.6 Å². The molecule has 0 bridgehead atoms. The highest BCUT2D eigenvalue weighted by Gasteiger charge is 2.54. The molecule has 0 saturated carbocycles. The summed E-state index contributed by atoms with van der Waals surface area (Å²) < 4.78 is 5.22. The molecule has 1 heterocycles. The summed E-state index contributed by atoms with van der Waals surface area (Å²) in [6.45, 7) is 3.27. The molecule has 8 heteroatoms. The zero-order chi connectivity index (χ0) is 18.8. The molecule has 1 aliphatic rings. The Morgan fingerprint density at radius 2 is 2.00 bits per heavy atom. The number of hydrogen-bond acceptors (Lipinski definition) is 5. The second kappa shape index (κ2) is 7.68. The van der Waals surface area contributed by atoms with E-state index in [2.05, 4.69) is 14.6 Å². The van der Waals surface area contributed by atoms with Crippen LogP contribution in [0.5, 0.6) is 0 Å². The number of ether oxygens (including phenoxy) is 1. The lowest BCUT2D eigenvalue weighted by Gasteiger charge is -2.37. The molecular weight excluding hydrogens is 343 g/mol. The maximum Gasteiger partial charge on any atom is 0.408 e. The normalized spacial score (nSPS) is 26.3. The number of likely N-dealkylation sites (N-methyl/N-ethyl adjacent to an activating group) is 1. The molecular formula is C17H25N2O5P. The molecule has 0 aromatic heterocycles. The second-order valence-electron chi connectivity index (χ2n) is 6.37. The van der Waals surface area contributed by atoms with E-state index < -0.39 is 41.6 Å². The molecule has 0 aliphatic carbocycles. The zero-order valence-electron chi connectivity index (χ0n) is 14.5. The number of benzene rings is 1. The molecule has 1 unspecified atom stereocenters. The molecule has 1 aliphatic heterocycles. The Morgan fingerprint density at radius 3 is 2.52 bits per heavy atom. The van der Waals surface area contributed by atoms with Crippen LogP contribution in [0.2, 0.25) is 0 Å². The second-order valence-corrected chi connectivity index (χ2v) is 7.05. The predicted octanol–water partition coefficient (Wildman–Crippen LogP) is 1.02. The third-order valence-corrected chi connectivity index (χ3v) is 5.04. The van der Waals surface area contributed by atoms with Gasteiger partial charge in [0, 0.05) is 7.05 Å². The van der Waals surface area contributed by atoms with Gasteiger partial charge in [0.2, 0.25) is 5.91 Å². The molecule has 6 atom stereocenters. The smallest absolute Gasteiger partial charge is 0.408 e. The van der Waals surface area contributed by atoms with Gasteiger partial charge in [-0.25, -0.2) is 4.79 Å². The van der Waals surface area contributed by atoms with Crippen LogP contribution in [0.15, 0.2) is 30.3 Å². The Hall–Kier alpha value is -1.69. The Kier molecular flexibility index (Phi) is 6.03. The van der Waals surface area contributed by atoms with Crippen molar-refractivity contribution in [1.82, 2.24) is 10.2 Å². The van der Waals surface area contributed by atoms with Crippen molar-refractivity contribution in [3.63, 3.8) is 0 Å². The molecule has 1 saturated heterocycles. The lowest BCUT2D eigenvalue weighted by molar-refractivity contribution is -0.143. The predicted molar refractivity (Wildman–Crippen MR) is 95.8 cm³/mol. The minimum Gasteiger partial charge on any atom is -0.438 e. The lowest BCUT2D eigenvalue weighted by atomic mass is 9.88. The van der Waals surface area contributed by atoms with E-state index in [-0.39, 0.29) is 0 Å². The minimum atomic E-state index is -1.37. The van der Waals surface area contributed by atoms with E-state index in [1.807, 2.05) is 30.3 Å². The third kappa shape index (κ3) is 3.78. The van der Waals surface area contributed by atoms with Crippen LogP contribution in [-0.4, -0.2) is 57.8 Å². The number of nitrogens with one attached hydrogen (secondary N) is 1. The van der Waals surface area contributed by atoms with E-state index in [0.717, 1.165) is 5.56 Å². The molecule has 138 valence electrons. The zero-order valence-corrected chi connectivity index (χ0v) is 15.7. The summed E-state index contributed by atoms with van der Waals surface area (Å²) in [5, 5.41) is 22.9. The van der Waals surface area contributed by atoms with E-state index >= 15 is 0 Å². The monoisotopic (exact) mass is 368 g/mol. The fourth-order valence-electron chi connectivity index (χ4n) is 3.16. The highest BCUT2D eigenvalue weighted by molar-refractivity contribution is 7.17. The fourth-order valence-corrected chi connectivity index (χ4v) is 3.64. The van der Waals surface area contributed by atoms with Gasteiger partial charge in [-0.1, -0.05) is 37.3 Å². The average Bonchev–Trinajstić information content (AvgIpc) is 2.89. The Bertz CT molecular complexity index is 627. The molecule has 1 fully saturated rings. The van der Waals surface area contributed by atoms with Crippen molar-refractivity contribution in [2.45, 2.75) is 49.9 Å². The maximum absolute atomic E-state index is 13.0. The standard InChI is InChI=1S/C17H25N2O5P/c1-4-11(20)17(2)13(18-16(23)24-17)14(21)19(3)12(15(22)25)10-8-6-5-7-9-10/h5-9,11-13,15,20,22H,4,25H2,1-3H3,(H,18,23)/t11-,12-,13-,15-,17-/m1/s1. The van der Waals surface area contributed by atoms with Crippen molar-refractivity contribution in [3.8, 4) is 0 Å². The van der Waals surface area contributed by atoms with Gasteiger partial charge in [0.05, 0.1) is 18.0 Å². The van der Waals surface area contributed by atoms with Crippen molar-refractivity contribution in [2.24, 2.45) is 0 Å². The first-order valence-corrected chi connectivity index (χ1v) is 8.81. The van der Waals surface area contributed by atoms with E-state index in [9.17, 15) is 19.8 Å². The Labute approximate surface area is 149 Å². The minimum absolute atomic E-state index is 0.327. The maximum atomic E-state index is 13.0. The molecule has 25 heavy (non-hydrogen) atoms. The van der Waals surface area contributed by atoms with Crippen molar-refractivity contribution in [2.75, 3.05) is 7.05 Å². The molecule has 0 radical (unpaired) electrons. The average molecular weight is 368 g/mol. The van der Waals surface area contributed by atoms with Crippen LogP contribution in [0.4, 0.5) is 4.79 Å². The van der Waals surface area contributed by atoms with Gasteiger partial charge >= 0.3 is 6.09 Å². The summed E-state index contributed by atoms with van der Waals surface area (Å²) in [5.41, 5.74) is -0.617. The molecule has 7 nitrogen and oxygen atoms in total. The summed E-state index contributed by atoms with van der Waals surface area (Å²) in [7, 11) is 3.83. The molecule has 1 aromatic rings. The van der Waals surface area contributed by atoms with Crippen molar-refractivity contribution in [1.29, 1.82) is 0 Å². The number of carbonyl (C=O) groups is 2. The van der Waals surface area contributed by atoms with E-state index in [4.69, 9.17) is 4.74 Å². The van der Waals surface area contributed by atoms with Crippen LogP contribution in [0.25, 0.3) is 0 Å². The van der Waals surface area contributed by atoms with Crippen LogP contribution in [0, 0.1) is 0 Å². The van der Waals surface area contributed by atoms with Gasteiger partial charge in [0.1, 0.15) is 0 Å². The molecule has 1 aromatic carbocycles. The number of aliphatic hydroxyl groups is 2. The Balaban J connectivity index is 2.32. The van der Waals surface area contributed by atoms with E-state index in [1.165, 1.54) is 11.8 Å². The van der Waals surface area contributed by atoms with E-state index in [1.54, 1.807) is 14.0 Å². The summed E-state index contributed by atoms with van der Waals surface area (Å²) in [5.74, 6) is -1.35. The summed E-state index contributed by atoms with van der Waals surface area (Å²) in [6, 6.07) is 7.43. The van der Waals surface area contributed by atoms with Crippen molar-refractivity contribution < 1.29 is 24.5 Å². The number of alkyl carbamates (subject to hydrolysis) is 1. The van der Waals surface area contributed by atoms with Crippen LogP contribution in [0.1, 0.15) is 31.9 Å². The first-order chi connectivity index (χ1) is 11.7. The van der Waals surface area contributed by atoms with Gasteiger partial charge < -0.3 is 25.2 Å². The molecule has 3 N–H and O–H groups in total. The molecule has 0 spiro atoms. The lowest BCUT2D eigenvalue weighted by Crippen LogP contribution is -2.58. The van der Waals surface area contributed by atoms with Gasteiger partial charge in [-0.3, -0.25) is 4.79 Å². The van der Waals surface area contributed by atoms with Crippen molar-refractivity contribution >= 4 is 21.2 Å². The SMILES string of the molecule is CC[C@@H](O)[C@@]1(C)OC(=O)N[C@@H]1C(=O)N(C)[C@H](c1ccccc1)[C@H](O)P. The largest absolute Gasteiger partial charge is 0.438 e. The van der Waals surface area contributed by atoms with Gasteiger partial charge in [-0.15, -0.1) is 9.24 Å². The highest BCUT2D eigenvalue weighted by Crippen LogP contribution is 2.33. The van der Waals surface area contributed by atoms with Gasteiger partial charge in [0.25, 0.3) is 0 Å². The van der Waals surface area contributed by atoms with Crippen molar-refractivity contribution in [3.05, 3.63) is 35.9 Å². The number of hydrogen-bond donors (Lipinski definition) is 3. The van der Waals surface area contributed by atoms with E-state index in [0.29, 0.717) is 6.42 Å². The van der Waals surface area contributed by atoms with Crippen LogP contribution in [-0.2, 0) is 9.53 Å². The number of aliphatic hydroxyl groups excluding tert-OH is 2. The Morgan fingerprint density at radius 1 is 1.40 bits per heavy atom. The van der Waals surface area contributed by atoms with Crippen LogP contribution >= 0.6 is 9.24 Å². The first-order valence-electron chi connectivity index (χ1n) is 8.15. The summed E-state index contributed by atoms with van der Waals surface area (Å²) in [4.78, 5) is 26.1. The first kappa shape index (κ1) is 19.6.